The van der Waals surface area contributed by atoms with E-state index >= 15 is 0 Å². The van der Waals surface area contributed by atoms with Crippen LogP contribution in [0.3, 0.4) is 0 Å². The van der Waals surface area contributed by atoms with E-state index < -0.39 is 29.6 Å². The van der Waals surface area contributed by atoms with E-state index in [1.807, 2.05) is 25.1 Å². The second-order valence-corrected chi connectivity index (χ2v) is 10.8. The lowest BCUT2D eigenvalue weighted by atomic mass is 9.74. The predicted molar refractivity (Wildman–Crippen MR) is 136 cm³/mol. The lowest BCUT2D eigenvalue weighted by Crippen LogP contribution is -2.56. The van der Waals surface area contributed by atoms with Gasteiger partial charge >= 0.3 is 0 Å². The zero-order valence-corrected chi connectivity index (χ0v) is 21.6. The number of carbonyl (C=O) groups excluding carboxylic acids is 3. The Morgan fingerprint density at radius 1 is 1.22 bits per heavy atom. The normalized spacial score (nSPS) is 31.1. The van der Waals surface area contributed by atoms with Gasteiger partial charge in [0.25, 0.3) is 0 Å². The Balaban J connectivity index is 1.41. The van der Waals surface area contributed by atoms with Gasteiger partial charge in [-0.05, 0) is 43.9 Å². The molecule has 1 aliphatic carbocycles. The van der Waals surface area contributed by atoms with Crippen molar-refractivity contribution in [3.8, 4) is 0 Å². The molecule has 1 aromatic carbocycles. The highest BCUT2D eigenvalue weighted by Crippen LogP contribution is 2.55. The molecule has 4 aliphatic rings. The van der Waals surface area contributed by atoms with E-state index in [4.69, 9.17) is 21.1 Å². The van der Waals surface area contributed by atoms with Gasteiger partial charge in [0.05, 0.1) is 17.9 Å². The molecule has 2 bridgehead atoms. The first-order valence-corrected chi connectivity index (χ1v) is 13.3. The summed E-state index contributed by atoms with van der Waals surface area (Å²) in [5.41, 5.74) is 0.315. The molecule has 2 saturated heterocycles. The first kappa shape index (κ1) is 25.2. The molecule has 3 fully saturated rings. The number of hydrogen-bond donors (Lipinski definition) is 2. The lowest BCUT2D eigenvalue weighted by molar-refractivity contribution is -0.141. The summed E-state index contributed by atoms with van der Waals surface area (Å²) in [5.74, 6) is -2.23. The molecule has 5 unspecified atom stereocenters. The smallest absolute Gasteiger partial charge is 0.246 e. The van der Waals surface area contributed by atoms with Gasteiger partial charge in [0.1, 0.15) is 11.6 Å². The quantitative estimate of drug-likeness (QED) is 0.409. The molecule has 3 heterocycles. The van der Waals surface area contributed by atoms with Crippen molar-refractivity contribution in [2.24, 2.45) is 11.8 Å². The van der Waals surface area contributed by atoms with Gasteiger partial charge in [0.15, 0.2) is 0 Å². The van der Waals surface area contributed by atoms with Crippen molar-refractivity contribution >= 4 is 35.0 Å². The molecule has 194 valence electrons. The molecule has 3 aliphatic heterocycles. The summed E-state index contributed by atoms with van der Waals surface area (Å²) in [7, 11) is 1.61. The van der Waals surface area contributed by atoms with Crippen molar-refractivity contribution in [2.75, 3.05) is 25.6 Å². The molecule has 0 aromatic heterocycles. The predicted octanol–water partition coefficient (Wildman–Crippen LogP) is 3.22. The first-order chi connectivity index (χ1) is 17.4. The summed E-state index contributed by atoms with van der Waals surface area (Å²) in [6.45, 7) is 2.72. The number of methoxy groups -OCH3 is 1. The fourth-order valence-electron chi connectivity index (χ4n) is 6.31. The molecule has 1 saturated carbocycles. The summed E-state index contributed by atoms with van der Waals surface area (Å²) in [5, 5.41) is 6.66. The van der Waals surface area contributed by atoms with E-state index in [-0.39, 0.29) is 23.8 Å². The molecule has 5 atom stereocenters. The molecule has 8 nitrogen and oxygen atoms in total. The molecule has 2 N–H and O–H groups in total. The zero-order valence-electron chi connectivity index (χ0n) is 20.8. The maximum atomic E-state index is 13.8. The van der Waals surface area contributed by atoms with Crippen molar-refractivity contribution in [2.45, 2.75) is 69.2 Å². The minimum absolute atomic E-state index is 0.102. The van der Waals surface area contributed by atoms with Crippen LogP contribution < -0.4 is 10.6 Å². The third-order valence-corrected chi connectivity index (χ3v) is 8.47. The molecule has 3 amide bonds. The standard InChI is InChI=1S/C27H34ClN3O5/c1-16-9-10-18(15-19(16)28)30-24(32)21-20-11-12-27(36-20)22(21)26(34)31(13-6-14-35-2)23(27)25(33)29-17-7-4-3-5-8-17/h9-12,15,17,20-23H,3-8,13-14H2,1-2H3,(H,29,33)(H,30,32). The fraction of sp³-hybridized carbons (Fsp3) is 0.593. The van der Waals surface area contributed by atoms with Gasteiger partial charge in [0, 0.05) is 37.0 Å². The van der Waals surface area contributed by atoms with Gasteiger partial charge in [-0.2, -0.15) is 0 Å². The summed E-state index contributed by atoms with van der Waals surface area (Å²) in [4.78, 5) is 42.6. The number of anilines is 1. The second-order valence-electron chi connectivity index (χ2n) is 10.4. The number of hydrogen-bond acceptors (Lipinski definition) is 5. The summed E-state index contributed by atoms with van der Waals surface area (Å²) in [6.07, 6.45) is 8.93. The Labute approximate surface area is 216 Å². The van der Waals surface area contributed by atoms with E-state index in [9.17, 15) is 14.4 Å². The monoisotopic (exact) mass is 515 g/mol. The van der Waals surface area contributed by atoms with Gasteiger partial charge in [-0.1, -0.05) is 49.1 Å². The van der Waals surface area contributed by atoms with Crippen molar-refractivity contribution in [1.82, 2.24) is 10.2 Å². The average molecular weight is 516 g/mol. The van der Waals surface area contributed by atoms with Crippen molar-refractivity contribution in [3.05, 3.63) is 40.9 Å². The maximum Gasteiger partial charge on any atom is 0.246 e. The Morgan fingerprint density at radius 2 is 2.00 bits per heavy atom. The number of rotatable bonds is 8. The van der Waals surface area contributed by atoms with Crippen LogP contribution in [0.5, 0.6) is 0 Å². The van der Waals surface area contributed by atoms with Gasteiger partial charge in [-0.3, -0.25) is 14.4 Å². The topological polar surface area (TPSA) is 97.0 Å². The average Bonchev–Trinajstić information content (AvgIpc) is 3.50. The Kier molecular flexibility index (Phi) is 7.12. The van der Waals surface area contributed by atoms with E-state index in [1.165, 1.54) is 6.42 Å². The largest absolute Gasteiger partial charge is 0.385 e. The van der Waals surface area contributed by atoms with E-state index in [0.29, 0.717) is 30.3 Å². The van der Waals surface area contributed by atoms with Gasteiger partial charge in [-0.25, -0.2) is 0 Å². The number of likely N-dealkylation sites (tertiary alicyclic amines) is 1. The number of fused-ring (bicyclic) bond motifs is 1. The van der Waals surface area contributed by atoms with E-state index in [0.717, 1.165) is 31.2 Å². The highest BCUT2D eigenvalue weighted by Gasteiger charge is 2.72. The van der Waals surface area contributed by atoms with Gasteiger partial charge in [0.2, 0.25) is 17.7 Å². The lowest BCUT2D eigenvalue weighted by Gasteiger charge is -2.34. The van der Waals surface area contributed by atoms with Crippen LogP contribution in [0.2, 0.25) is 5.02 Å². The number of amides is 3. The van der Waals surface area contributed by atoms with Gasteiger partial charge in [-0.15, -0.1) is 0 Å². The number of nitrogens with one attached hydrogen (secondary N) is 2. The summed E-state index contributed by atoms with van der Waals surface area (Å²) in [6, 6.07) is 4.60. The fourth-order valence-corrected chi connectivity index (χ4v) is 6.49. The maximum absolute atomic E-state index is 13.8. The molecule has 1 spiro atoms. The highest BCUT2D eigenvalue weighted by molar-refractivity contribution is 6.31. The van der Waals surface area contributed by atoms with Crippen LogP contribution in [0.4, 0.5) is 5.69 Å². The third-order valence-electron chi connectivity index (χ3n) is 8.06. The Hall–Kier alpha value is -2.42. The highest BCUT2D eigenvalue weighted by atomic mass is 35.5. The molecule has 9 heteroatoms. The zero-order chi connectivity index (χ0) is 25.4. The minimum Gasteiger partial charge on any atom is -0.385 e. The van der Waals surface area contributed by atoms with Crippen LogP contribution in [0.1, 0.15) is 44.1 Å². The molecule has 5 rings (SSSR count). The van der Waals surface area contributed by atoms with Crippen molar-refractivity contribution in [3.63, 3.8) is 0 Å². The van der Waals surface area contributed by atoms with Crippen LogP contribution >= 0.6 is 11.6 Å². The van der Waals surface area contributed by atoms with Crippen LogP contribution in [0.25, 0.3) is 0 Å². The number of carbonyl (C=O) groups is 3. The van der Waals surface area contributed by atoms with E-state index in [1.54, 1.807) is 24.1 Å². The van der Waals surface area contributed by atoms with Crippen LogP contribution in [0, 0.1) is 18.8 Å². The van der Waals surface area contributed by atoms with Crippen LogP contribution in [-0.2, 0) is 23.9 Å². The SMILES string of the molecule is COCCCN1C(=O)C2C(C(=O)Nc3ccc(C)c(Cl)c3)C3C=CC2(O3)C1C(=O)NC1CCCCC1. The Bertz CT molecular complexity index is 1070. The molecule has 1 aromatic rings. The number of nitrogens with zero attached hydrogens (tertiary/aromatic N) is 1. The molecular weight excluding hydrogens is 482 g/mol. The molecular formula is C27H34ClN3O5. The summed E-state index contributed by atoms with van der Waals surface area (Å²) < 4.78 is 11.6. The number of benzene rings is 1. The molecule has 36 heavy (non-hydrogen) atoms. The Morgan fingerprint density at radius 3 is 2.72 bits per heavy atom. The van der Waals surface area contributed by atoms with Crippen LogP contribution in [-0.4, -0.2) is 66.7 Å². The van der Waals surface area contributed by atoms with Crippen LogP contribution in [0.15, 0.2) is 30.4 Å². The van der Waals surface area contributed by atoms with Crippen molar-refractivity contribution < 1.29 is 23.9 Å². The third kappa shape index (κ3) is 4.33. The summed E-state index contributed by atoms with van der Waals surface area (Å²) >= 11 is 6.24. The number of ether oxygens (including phenoxy) is 2. The number of aryl methyl sites for hydroxylation is 1. The van der Waals surface area contributed by atoms with E-state index in [2.05, 4.69) is 10.6 Å². The number of halogens is 1. The minimum atomic E-state index is -1.15. The van der Waals surface area contributed by atoms with Gasteiger partial charge < -0.3 is 25.0 Å². The van der Waals surface area contributed by atoms with Crippen molar-refractivity contribution in [1.29, 1.82) is 0 Å². The first-order valence-electron chi connectivity index (χ1n) is 12.9. The second kappa shape index (κ2) is 10.1. The molecule has 0 radical (unpaired) electrons.